The Morgan fingerprint density at radius 3 is 2.89 bits per heavy atom. The molecule has 0 fully saturated rings. The lowest BCUT2D eigenvalue weighted by atomic mass is 10.2. The molecule has 1 aromatic carbocycles. The van der Waals surface area contributed by atoms with Crippen LogP contribution < -0.4 is 5.56 Å². The van der Waals surface area contributed by atoms with Gasteiger partial charge in [-0.3, -0.25) is 9.69 Å². The van der Waals surface area contributed by atoms with E-state index in [1.54, 1.807) is 6.07 Å². The molecule has 1 aromatic heterocycles. The zero-order chi connectivity index (χ0) is 13.7. The van der Waals surface area contributed by atoms with E-state index in [1.165, 1.54) is 0 Å². The predicted octanol–water partition coefficient (Wildman–Crippen LogP) is 2.32. The van der Waals surface area contributed by atoms with Gasteiger partial charge in [0.25, 0.3) is 5.56 Å². The van der Waals surface area contributed by atoms with Gasteiger partial charge >= 0.3 is 0 Å². The lowest BCUT2D eigenvalue weighted by Crippen LogP contribution is -2.25. The van der Waals surface area contributed by atoms with Crippen molar-refractivity contribution in [1.29, 1.82) is 0 Å². The number of rotatable bonds is 5. The number of likely N-dealkylation sites (N-methyl/N-ethyl adjacent to an activating group) is 1. The van der Waals surface area contributed by atoms with Crippen LogP contribution in [0.15, 0.2) is 41.2 Å². The molecule has 100 valence electrons. The van der Waals surface area contributed by atoms with E-state index in [0.717, 1.165) is 24.4 Å². The van der Waals surface area contributed by atoms with Crippen molar-refractivity contribution in [2.75, 3.05) is 13.1 Å². The second-order valence-electron chi connectivity index (χ2n) is 4.43. The number of hydrogen-bond donors (Lipinski definition) is 1. The summed E-state index contributed by atoms with van der Waals surface area (Å²) in [6.45, 7) is 6.54. The first kappa shape index (κ1) is 13.5. The molecule has 0 unspecified atom stereocenters. The number of hydrogen-bond acceptors (Lipinski definition) is 3. The van der Waals surface area contributed by atoms with E-state index in [1.807, 2.05) is 31.2 Å². The van der Waals surface area contributed by atoms with E-state index in [9.17, 15) is 4.79 Å². The topological polar surface area (TPSA) is 49.0 Å². The fraction of sp³-hybridized carbons (Fsp3) is 0.333. The van der Waals surface area contributed by atoms with Gasteiger partial charge in [-0.15, -0.1) is 0 Å². The minimum atomic E-state index is -0.0670. The third-order valence-corrected chi connectivity index (χ3v) is 3.08. The molecule has 1 heterocycles. The Morgan fingerprint density at radius 1 is 1.37 bits per heavy atom. The monoisotopic (exact) mass is 257 g/mol. The first-order chi connectivity index (χ1) is 9.24. The number of aromatic amines is 1. The molecular weight excluding hydrogens is 238 g/mol. The summed E-state index contributed by atoms with van der Waals surface area (Å²) in [5.41, 5.74) is 0.686. The molecule has 4 nitrogen and oxygen atoms in total. The molecule has 2 aromatic rings. The van der Waals surface area contributed by atoms with Gasteiger partial charge in [-0.05, 0) is 25.6 Å². The summed E-state index contributed by atoms with van der Waals surface area (Å²) in [7, 11) is 0. The summed E-state index contributed by atoms with van der Waals surface area (Å²) in [5, 5.41) is 0.641. The van der Waals surface area contributed by atoms with Crippen LogP contribution in [0.5, 0.6) is 0 Å². The van der Waals surface area contributed by atoms with Crippen LogP contribution in [-0.2, 0) is 6.54 Å². The van der Waals surface area contributed by atoms with E-state index >= 15 is 0 Å². The Bertz CT molecular complexity index is 631. The number of fused-ring (bicyclic) bond motifs is 1. The molecule has 0 bridgehead atoms. The molecule has 2 rings (SSSR count). The van der Waals surface area contributed by atoms with Crippen LogP contribution in [0.25, 0.3) is 10.9 Å². The second-order valence-corrected chi connectivity index (χ2v) is 4.43. The van der Waals surface area contributed by atoms with Crippen LogP contribution >= 0.6 is 0 Å². The Kier molecular flexibility index (Phi) is 4.47. The van der Waals surface area contributed by atoms with Crippen molar-refractivity contribution in [3.8, 4) is 0 Å². The third kappa shape index (κ3) is 3.29. The number of H-pyrrole nitrogens is 1. The zero-order valence-electron chi connectivity index (χ0n) is 11.4. The molecule has 0 aliphatic rings. The summed E-state index contributed by atoms with van der Waals surface area (Å²) in [5.74, 6) is 0.718. The molecule has 4 heteroatoms. The number of nitrogens with one attached hydrogen (secondary N) is 1. The van der Waals surface area contributed by atoms with Crippen LogP contribution in [0.1, 0.15) is 19.7 Å². The molecular formula is C15H19N3O. The van der Waals surface area contributed by atoms with Gasteiger partial charge in [-0.2, -0.15) is 0 Å². The molecule has 0 saturated heterocycles. The van der Waals surface area contributed by atoms with Crippen LogP contribution in [0, 0.1) is 0 Å². The lowest BCUT2D eigenvalue weighted by Gasteiger charge is -2.17. The number of benzene rings is 1. The summed E-state index contributed by atoms with van der Waals surface area (Å²) < 4.78 is 0. The highest BCUT2D eigenvalue weighted by molar-refractivity contribution is 5.77. The Balaban J connectivity index is 2.27. The molecule has 0 amide bonds. The van der Waals surface area contributed by atoms with Crippen molar-refractivity contribution < 1.29 is 0 Å². The quantitative estimate of drug-likeness (QED) is 0.836. The van der Waals surface area contributed by atoms with Crippen molar-refractivity contribution in [2.24, 2.45) is 0 Å². The lowest BCUT2D eigenvalue weighted by molar-refractivity contribution is 0.303. The highest BCUT2D eigenvalue weighted by Gasteiger charge is 2.06. The van der Waals surface area contributed by atoms with Crippen LogP contribution in [0.2, 0.25) is 0 Å². The van der Waals surface area contributed by atoms with Crippen LogP contribution in [0.3, 0.4) is 0 Å². The van der Waals surface area contributed by atoms with Gasteiger partial charge in [-0.25, -0.2) is 4.98 Å². The SMILES string of the molecule is CC=CCN(CC)Cc1nc2ccccc2c(=O)[nH]1. The van der Waals surface area contributed by atoms with Gasteiger partial charge < -0.3 is 4.98 Å². The largest absolute Gasteiger partial charge is 0.309 e. The second kappa shape index (κ2) is 6.29. The van der Waals surface area contributed by atoms with Gasteiger partial charge in [0.05, 0.1) is 17.4 Å². The van der Waals surface area contributed by atoms with Crippen LogP contribution in [0.4, 0.5) is 0 Å². The molecule has 0 saturated carbocycles. The highest BCUT2D eigenvalue weighted by Crippen LogP contribution is 2.07. The van der Waals surface area contributed by atoms with Gasteiger partial charge in [0, 0.05) is 6.54 Å². The third-order valence-electron chi connectivity index (χ3n) is 3.08. The van der Waals surface area contributed by atoms with Gasteiger partial charge in [-0.1, -0.05) is 31.2 Å². The Labute approximate surface area is 112 Å². The molecule has 19 heavy (non-hydrogen) atoms. The summed E-state index contributed by atoms with van der Waals surface area (Å²) >= 11 is 0. The minimum Gasteiger partial charge on any atom is -0.309 e. The highest BCUT2D eigenvalue weighted by atomic mass is 16.1. The molecule has 0 atom stereocenters. The molecule has 0 radical (unpaired) electrons. The Hall–Kier alpha value is -1.94. The smallest absolute Gasteiger partial charge is 0.258 e. The number of nitrogens with zero attached hydrogens (tertiary/aromatic N) is 2. The number of allylic oxidation sites excluding steroid dienone is 1. The summed E-state index contributed by atoms with van der Waals surface area (Å²) in [4.78, 5) is 21.5. The van der Waals surface area contributed by atoms with E-state index in [0.29, 0.717) is 11.9 Å². The molecule has 0 spiro atoms. The maximum Gasteiger partial charge on any atom is 0.258 e. The van der Waals surface area contributed by atoms with E-state index in [-0.39, 0.29) is 5.56 Å². The van der Waals surface area contributed by atoms with E-state index in [2.05, 4.69) is 27.9 Å². The first-order valence-corrected chi connectivity index (χ1v) is 6.56. The predicted molar refractivity (Wildman–Crippen MR) is 78.1 cm³/mol. The molecule has 1 N–H and O–H groups in total. The standard InChI is InChI=1S/C15H19N3O/c1-3-5-10-18(4-2)11-14-16-13-9-7-6-8-12(13)15(19)17-14/h3,5-9H,4,10-11H2,1-2H3,(H,16,17,19). The van der Waals surface area contributed by atoms with Crippen molar-refractivity contribution in [2.45, 2.75) is 20.4 Å². The maximum absolute atomic E-state index is 12.0. The van der Waals surface area contributed by atoms with E-state index in [4.69, 9.17) is 0 Å². The van der Waals surface area contributed by atoms with Gasteiger partial charge in [0.2, 0.25) is 0 Å². The number of para-hydroxylation sites is 1. The average molecular weight is 257 g/mol. The fourth-order valence-corrected chi connectivity index (χ4v) is 1.98. The van der Waals surface area contributed by atoms with Crippen molar-refractivity contribution >= 4 is 10.9 Å². The van der Waals surface area contributed by atoms with Crippen molar-refractivity contribution in [1.82, 2.24) is 14.9 Å². The van der Waals surface area contributed by atoms with Crippen LogP contribution in [-0.4, -0.2) is 28.0 Å². The minimum absolute atomic E-state index is 0.0670. The summed E-state index contributed by atoms with van der Waals surface area (Å²) in [6, 6.07) is 7.41. The van der Waals surface area contributed by atoms with Crippen molar-refractivity contribution in [3.63, 3.8) is 0 Å². The first-order valence-electron chi connectivity index (χ1n) is 6.56. The Morgan fingerprint density at radius 2 is 2.16 bits per heavy atom. The molecule has 0 aliphatic heterocycles. The van der Waals surface area contributed by atoms with Gasteiger partial charge in [0.1, 0.15) is 5.82 Å². The summed E-state index contributed by atoms with van der Waals surface area (Å²) in [6.07, 6.45) is 4.13. The van der Waals surface area contributed by atoms with E-state index < -0.39 is 0 Å². The normalized spacial score (nSPS) is 11.7. The zero-order valence-corrected chi connectivity index (χ0v) is 11.4. The number of aromatic nitrogens is 2. The maximum atomic E-state index is 12.0. The average Bonchev–Trinajstić information content (AvgIpc) is 2.43. The van der Waals surface area contributed by atoms with Crippen molar-refractivity contribution in [3.05, 3.63) is 52.6 Å². The van der Waals surface area contributed by atoms with Gasteiger partial charge in [0.15, 0.2) is 0 Å². The molecule has 0 aliphatic carbocycles. The fourth-order valence-electron chi connectivity index (χ4n) is 1.98.